The summed E-state index contributed by atoms with van der Waals surface area (Å²) in [6.45, 7) is 0.0254. The topological polar surface area (TPSA) is 120 Å². The summed E-state index contributed by atoms with van der Waals surface area (Å²) >= 11 is 0. The fourth-order valence-electron chi connectivity index (χ4n) is 2.75. The van der Waals surface area contributed by atoms with Crippen molar-refractivity contribution in [1.82, 2.24) is 10.6 Å². The number of aliphatic hydroxyl groups excluding tert-OH is 2. The van der Waals surface area contributed by atoms with Crippen molar-refractivity contribution in [3.05, 3.63) is 30.3 Å². The van der Waals surface area contributed by atoms with Crippen LogP contribution in [0.25, 0.3) is 0 Å². The number of carbonyl (C=O) groups excluding carboxylic acids is 2. The molecule has 0 spiro atoms. The minimum Gasteiger partial charge on any atom is -0.388 e. The average molecular weight is 349 g/mol. The molecule has 8 nitrogen and oxygen atoms in total. The first-order chi connectivity index (χ1) is 12.0. The van der Waals surface area contributed by atoms with E-state index in [1.54, 1.807) is 24.3 Å². The first kappa shape index (κ1) is 17.7. The van der Waals surface area contributed by atoms with Crippen molar-refractivity contribution in [3.63, 3.8) is 0 Å². The lowest BCUT2D eigenvalue weighted by Gasteiger charge is -2.15. The van der Waals surface area contributed by atoms with Crippen molar-refractivity contribution in [2.75, 3.05) is 11.9 Å². The minimum absolute atomic E-state index is 0.0125. The van der Waals surface area contributed by atoms with Gasteiger partial charge in [-0.2, -0.15) is 0 Å². The Kier molecular flexibility index (Phi) is 5.52. The SMILES string of the molecule is O=C(CC1OC(CNC(=O)Nc2ccccc2)C(O)C1O)NC1CC1. The number of hydrogen-bond acceptors (Lipinski definition) is 5. The number of carbonyl (C=O) groups is 2. The Morgan fingerprint density at radius 3 is 2.44 bits per heavy atom. The van der Waals surface area contributed by atoms with E-state index in [0.29, 0.717) is 5.69 Å². The fourth-order valence-corrected chi connectivity index (χ4v) is 2.75. The number of amides is 3. The Hall–Kier alpha value is -2.16. The molecule has 1 saturated heterocycles. The van der Waals surface area contributed by atoms with E-state index >= 15 is 0 Å². The van der Waals surface area contributed by atoms with E-state index in [1.165, 1.54) is 0 Å². The second-order valence-corrected chi connectivity index (χ2v) is 6.44. The maximum Gasteiger partial charge on any atom is 0.319 e. The first-order valence-electron chi connectivity index (χ1n) is 8.44. The average Bonchev–Trinajstić information content (AvgIpc) is 3.36. The van der Waals surface area contributed by atoms with Gasteiger partial charge in [0.1, 0.15) is 18.3 Å². The van der Waals surface area contributed by atoms with Crippen molar-refractivity contribution in [2.24, 2.45) is 0 Å². The number of nitrogens with one attached hydrogen (secondary N) is 3. The van der Waals surface area contributed by atoms with Gasteiger partial charge in [0.2, 0.25) is 5.91 Å². The molecule has 4 atom stereocenters. The molecule has 0 radical (unpaired) electrons. The molecule has 8 heteroatoms. The van der Waals surface area contributed by atoms with Gasteiger partial charge in [-0.1, -0.05) is 18.2 Å². The quantitative estimate of drug-likeness (QED) is 0.494. The summed E-state index contributed by atoms with van der Waals surface area (Å²) in [4.78, 5) is 23.7. The van der Waals surface area contributed by atoms with Crippen LogP contribution in [0, 0.1) is 0 Å². The van der Waals surface area contributed by atoms with Crippen LogP contribution in [-0.4, -0.2) is 59.2 Å². The Morgan fingerprint density at radius 1 is 1.08 bits per heavy atom. The number of urea groups is 1. The molecule has 1 aliphatic heterocycles. The molecule has 2 fully saturated rings. The summed E-state index contributed by atoms with van der Waals surface area (Å²) in [5.74, 6) is -0.200. The predicted molar refractivity (Wildman–Crippen MR) is 89.9 cm³/mol. The number of rotatable bonds is 6. The highest BCUT2D eigenvalue weighted by Crippen LogP contribution is 2.24. The van der Waals surface area contributed by atoms with E-state index in [9.17, 15) is 19.8 Å². The lowest BCUT2D eigenvalue weighted by molar-refractivity contribution is -0.125. The van der Waals surface area contributed by atoms with Gasteiger partial charge in [-0.3, -0.25) is 4.79 Å². The van der Waals surface area contributed by atoms with Crippen LogP contribution < -0.4 is 16.0 Å². The molecule has 1 aromatic rings. The summed E-state index contributed by atoms with van der Waals surface area (Å²) in [5.41, 5.74) is 0.641. The molecule has 2 aliphatic rings. The highest BCUT2D eigenvalue weighted by molar-refractivity contribution is 5.89. The van der Waals surface area contributed by atoms with Crippen molar-refractivity contribution < 1.29 is 24.5 Å². The zero-order valence-electron chi connectivity index (χ0n) is 13.7. The zero-order chi connectivity index (χ0) is 17.8. The van der Waals surface area contributed by atoms with Gasteiger partial charge < -0.3 is 30.9 Å². The number of aliphatic hydroxyl groups is 2. The Labute approximate surface area is 145 Å². The molecule has 3 amide bonds. The summed E-state index contributed by atoms with van der Waals surface area (Å²) in [7, 11) is 0. The van der Waals surface area contributed by atoms with Crippen LogP contribution in [0.15, 0.2) is 30.3 Å². The van der Waals surface area contributed by atoms with Crippen LogP contribution in [0.4, 0.5) is 10.5 Å². The maximum atomic E-state index is 11.9. The molecular formula is C17H23N3O5. The summed E-state index contributed by atoms with van der Waals surface area (Å²) in [6.07, 6.45) is -1.92. The van der Waals surface area contributed by atoms with Crippen molar-refractivity contribution in [1.29, 1.82) is 0 Å². The van der Waals surface area contributed by atoms with Gasteiger partial charge in [0, 0.05) is 18.3 Å². The molecule has 4 unspecified atom stereocenters. The largest absolute Gasteiger partial charge is 0.388 e. The molecule has 136 valence electrons. The molecule has 25 heavy (non-hydrogen) atoms. The van der Waals surface area contributed by atoms with Gasteiger partial charge in [-0.25, -0.2) is 4.79 Å². The number of benzene rings is 1. The van der Waals surface area contributed by atoms with Crippen molar-refractivity contribution >= 4 is 17.6 Å². The summed E-state index contributed by atoms with van der Waals surface area (Å²) in [6, 6.07) is 8.73. The zero-order valence-corrected chi connectivity index (χ0v) is 13.7. The van der Waals surface area contributed by atoms with Crippen LogP contribution in [-0.2, 0) is 9.53 Å². The lowest BCUT2D eigenvalue weighted by atomic mass is 10.1. The number of ether oxygens (including phenoxy) is 1. The molecule has 1 heterocycles. The highest BCUT2D eigenvalue weighted by atomic mass is 16.5. The molecule has 0 bridgehead atoms. The number of hydrogen-bond donors (Lipinski definition) is 5. The van der Waals surface area contributed by atoms with Crippen LogP contribution in [0.1, 0.15) is 19.3 Å². The Morgan fingerprint density at radius 2 is 1.76 bits per heavy atom. The molecule has 1 aromatic carbocycles. The van der Waals surface area contributed by atoms with E-state index in [4.69, 9.17) is 4.74 Å². The molecule has 1 saturated carbocycles. The smallest absolute Gasteiger partial charge is 0.319 e. The second-order valence-electron chi connectivity index (χ2n) is 6.44. The van der Waals surface area contributed by atoms with Crippen LogP contribution in [0.5, 0.6) is 0 Å². The fraction of sp³-hybridized carbons (Fsp3) is 0.529. The first-order valence-corrected chi connectivity index (χ1v) is 8.44. The monoisotopic (exact) mass is 349 g/mol. The van der Waals surface area contributed by atoms with Gasteiger partial charge in [0.05, 0.1) is 12.5 Å². The molecular weight excluding hydrogens is 326 g/mol. The van der Waals surface area contributed by atoms with Gasteiger partial charge in [0.15, 0.2) is 0 Å². The lowest BCUT2D eigenvalue weighted by Crippen LogP contribution is -2.41. The summed E-state index contributed by atoms with van der Waals surface area (Å²) < 4.78 is 5.56. The Balaban J connectivity index is 1.44. The maximum absolute atomic E-state index is 11.9. The standard InChI is InChI=1S/C17H23N3O5/c21-14(19-11-6-7-11)8-12-15(22)16(23)13(25-12)9-18-17(24)20-10-4-2-1-3-5-10/h1-5,11-13,15-16,22-23H,6-9H2,(H,19,21)(H2,18,20,24). The van der Waals surface area contributed by atoms with Gasteiger partial charge in [-0.05, 0) is 25.0 Å². The van der Waals surface area contributed by atoms with Gasteiger partial charge >= 0.3 is 6.03 Å². The number of anilines is 1. The van der Waals surface area contributed by atoms with Crippen LogP contribution in [0.3, 0.4) is 0 Å². The van der Waals surface area contributed by atoms with Crippen molar-refractivity contribution in [2.45, 2.75) is 49.7 Å². The molecule has 1 aliphatic carbocycles. The van der Waals surface area contributed by atoms with Gasteiger partial charge in [-0.15, -0.1) is 0 Å². The number of para-hydroxylation sites is 1. The van der Waals surface area contributed by atoms with Crippen molar-refractivity contribution in [3.8, 4) is 0 Å². The van der Waals surface area contributed by atoms with Crippen LogP contribution in [0.2, 0.25) is 0 Å². The van der Waals surface area contributed by atoms with Gasteiger partial charge in [0.25, 0.3) is 0 Å². The molecule has 0 aromatic heterocycles. The highest BCUT2D eigenvalue weighted by Gasteiger charge is 2.43. The predicted octanol–water partition coefficient (Wildman–Crippen LogP) is -0.0340. The second kappa shape index (κ2) is 7.81. The van der Waals surface area contributed by atoms with E-state index < -0.39 is 30.4 Å². The molecule has 5 N–H and O–H groups in total. The van der Waals surface area contributed by atoms with E-state index in [2.05, 4.69) is 16.0 Å². The van der Waals surface area contributed by atoms with E-state index in [1.807, 2.05) is 6.07 Å². The third kappa shape index (κ3) is 4.91. The normalized spacial score (nSPS) is 28.4. The Bertz CT molecular complexity index is 608. The summed E-state index contributed by atoms with van der Waals surface area (Å²) in [5, 5.41) is 28.2. The third-order valence-corrected chi connectivity index (χ3v) is 4.29. The van der Waals surface area contributed by atoms with Crippen LogP contribution >= 0.6 is 0 Å². The van der Waals surface area contributed by atoms with E-state index in [-0.39, 0.29) is 24.9 Å². The minimum atomic E-state index is -1.16. The van der Waals surface area contributed by atoms with E-state index in [0.717, 1.165) is 12.8 Å². The third-order valence-electron chi connectivity index (χ3n) is 4.29. The molecule has 3 rings (SSSR count).